The van der Waals surface area contributed by atoms with Crippen LogP contribution < -0.4 is 10.5 Å². The van der Waals surface area contributed by atoms with Gasteiger partial charge in [0.2, 0.25) is 10.0 Å². The summed E-state index contributed by atoms with van der Waals surface area (Å²) in [5.74, 6) is 0. The number of morpholine rings is 1. The van der Waals surface area contributed by atoms with Crippen molar-refractivity contribution < 1.29 is 13.2 Å². The molecule has 2 heterocycles. The summed E-state index contributed by atoms with van der Waals surface area (Å²) in [6.45, 7) is 3.68. The van der Waals surface area contributed by atoms with E-state index >= 15 is 0 Å². The van der Waals surface area contributed by atoms with Crippen LogP contribution in [0.15, 0.2) is 29.2 Å². The van der Waals surface area contributed by atoms with Gasteiger partial charge in [-0.15, -0.1) is 0 Å². The van der Waals surface area contributed by atoms with Crippen molar-refractivity contribution in [3.63, 3.8) is 0 Å². The van der Waals surface area contributed by atoms with E-state index in [2.05, 4.69) is 10.2 Å². The van der Waals surface area contributed by atoms with E-state index in [4.69, 9.17) is 9.88 Å². The van der Waals surface area contributed by atoms with E-state index in [1.54, 1.807) is 12.1 Å². The van der Waals surface area contributed by atoms with Crippen LogP contribution in [0, 0.1) is 0 Å². The average Bonchev–Trinajstić information content (AvgIpc) is 2.92. The number of primary sulfonamides is 1. The normalized spacial score (nSPS) is 26.5. The third kappa shape index (κ3) is 3.55. The second kappa shape index (κ2) is 5.92. The number of anilines is 1. The summed E-state index contributed by atoms with van der Waals surface area (Å²) in [6, 6.07) is 7.07. The lowest BCUT2D eigenvalue weighted by Crippen LogP contribution is -2.48. The molecule has 3 N–H and O–H groups in total. The standard InChI is InChI=1S/C14H21N3O3S/c15-21(18,19)14-5-3-11(4-6-14)16-8-13-9-17-7-1-2-12(17)10-20-13/h3-6,12-13,16H,1-2,7-10H2,(H2,15,18,19). The molecular formula is C14H21N3O3S. The summed E-state index contributed by atoms with van der Waals surface area (Å²) in [7, 11) is -3.62. The third-order valence-corrected chi connectivity index (χ3v) is 5.11. The van der Waals surface area contributed by atoms with Crippen molar-refractivity contribution in [1.82, 2.24) is 4.90 Å². The van der Waals surface area contributed by atoms with Crippen LogP contribution in [-0.4, -0.2) is 51.7 Å². The van der Waals surface area contributed by atoms with Gasteiger partial charge in [0, 0.05) is 24.8 Å². The lowest BCUT2D eigenvalue weighted by atomic mass is 10.2. The van der Waals surface area contributed by atoms with Crippen LogP contribution in [0.4, 0.5) is 5.69 Å². The molecule has 0 radical (unpaired) electrons. The molecule has 0 aromatic heterocycles. The zero-order valence-electron chi connectivity index (χ0n) is 11.9. The molecule has 7 heteroatoms. The Morgan fingerprint density at radius 3 is 2.81 bits per heavy atom. The number of rotatable bonds is 4. The molecule has 6 nitrogen and oxygen atoms in total. The minimum absolute atomic E-state index is 0.127. The summed E-state index contributed by atoms with van der Waals surface area (Å²) >= 11 is 0. The number of nitrogens with two attached hydrogens (primary N) is 1. The average molecular weight is 311 g/mol. The first-order valence-corrected chi connectivity index (χ1v) is 8.79. The van der Waals surface area contributed by atoms with E-state index in [1.165, 1.54) is 31.5 Å². The molecule has 0 amide bonds. The van der Waals surface area contributed by atoms with Crippen molar-refractivity contribution in [1.29, 1.82) is 0 Å². The first-order chi connectivity index (χ1) is 10.0. The molecule has 2 aliphatic heterocycles. The number of hydrogen-bond acceptors (Lipinski definition) is 5. The first kappa shape index (κ1) is 14.8. The zero-order valence-corrected chi connectivity index (χ0v) is 12.7. The second-order valence-electron chi connectivity index (χ2n) is 5.70. The molecule has 3 rings (SSSR count). The zero-order chi connectivity index (χ0) is 14.9. The van der Waals surface area contributed by atoms with Crippen molar-refractivity contribution >= 4 is 15.7 Å². The Morgan fingerprint density at radius 1 is 1.33 bits per heavy atom. The van der Waals surface area contributed by atoms with E-state index in [-0.39, 0.29) is 11.0 Å². The highest BCUT2D eigenvalue weighted by Crippen LogP contribution is 2.23. The maximum absolute atomic E-state index is 11.2. The van der Waals surface area contributed by atoms with Crippen LogP contribution >= 0.6 is 0 Å². The fraction of sp³-hybridized carbons (Fsp3) is 0.571. The highest BCUT2D eigenvalue weighted by atomic mass is 32.2. The molecule has 2 saturated heterocycles. The van der Waals surface area contributed by atoms with Gasteiger partial charge in [0.05, 0.1) is 17.6 Å². The van der Waals surface area contributed by atoms with E-state index < -0.39 is 10.0 Å². The van der Waals surface area contributed by atoms with Crippen LogP contribution in [0.2, 0.25) is 0 Å². The molecule has 1 aromatic carbocycles. The predicted octanol–water partition coefficient (Wildman–Crippen LogP) is 0.609. The Bertz CT molecular complexity index is 588. The van der Waals surface area contributed by atoms with Gasteiger partial charge in [0.1, 0.15) is 0 Å². The fourth-order valence-electron chi connectivity index (χ4n) is 3.00. The van der Waals surface area contributed by atoms with Gasteiger partial charge in [0.15, 0.2) is 0 Å². The number of nitrogens with zero attached hydrogens (tertiary/aromatic N) is 1. The molecule has 2 aliphatic rings. The first-order valence-electron chi connectivity index (χ1n) is 7.25. The van der Waals surface area contributed by atoms with E-state index in [0.29, 0.717) is 6.04 Å². The van der Waals surface area contributed by atoms with Crippen molar-refractivity contribution in [2.24, 2.45) is 5.14 Å². The summed E-state index contributed by atoms with van der Waals surface area (Å²) in [6.07, 6.45) is 2.69. The lowest BCUT2D eigenvalue weighted by Gasteiger charge is -2.35. The molecule has 2 atom stereocenters. The lowest BCUT2D eigenvalue weighted by molar-refractivity contribution is -0.0415. The summed E-state index contributed by atoms with van der Waals surface area (Å²) < 4.78 is 28.2. The summed E-state index contributed by atoms with van der Waals surface area (Å²) in [5.41, 5.74) is 0.870. The monoisotopic (exact) mass is 311 g/mol. The maximum Gasteiger partial charge on any atom is 0.238 e. The Labute approximate surface area is 125 Å². The minimum atomic E-state index is -3.62. The molecular weight excluding hydrogens is 290 g/mol. The van der Waals surface area contributed by atoms with Gasteiger partial charge in [-0.25, -0.2) is 13.6 Å². The minimum Gasteiger partial charge on any atom is -0.382 e. The molecule has 2 unspecified atom stereocenters. The van der Waals surface area contributed by atoms with Crippen molar-refractivity contribution in [2.75, 3.05) is 31.6 Å². The van der Waals surface area contributed by atoms with Crippen molar-refractivity contribution in [3.8, 4) is 0 Å². The maximum atomic E-state index is 11.2. The molecule has 1 aromatic rings. The van der Waals surface area contributed by atoms with Gasteiger partial charge in [-0.2, -0.15) is 0 Å². The van der Waals surface area contributed by atoms with Crippen molar-refractivity contribution in [3.05, 3.63) is 24.3 Å². The Balaban J connectivity index is 1.53. The van der Waals surface area contributed by atoms with Crippen LogP contribution in [0.1, 0.15) is 12.8 Å². The van der Waals surface area contributed by atoms with Gasteiger partial charge in [0.25, 0.3) is 0 Å². The predicted molar refractivity (Wildman–Crippen MR) is 80.6 cm³/mol. The molecule has 116 valence electrons. The molecule has 0 bridgehead atoms. The molecule has 0 saturated carbocycles. The van der Waals surface area contributed by atoms with Crippen LogP contribution in [0.25, 0.3) is 0 Å². The van der Waals surface area contributed by atoms with Gasteiger partial charge in [-0.05, 0) is 43.7 Å². The van der Waals surface area contributed by atoms with Gasteiger partial charge >= 0.3 is 0 Å². The number of hydrogen-bond donors (Lipinski definition) is 2. The smallest absolute Gasteiger partial charge is 0.238 e. The number of fused-ring (bicyclic) bond motifs is 1. The Kier molecular flexibility index (Phi) is 4.17. The molecule has 21 heavy (non-hydrogen) atoms. The van der Waals surface area contributed by atoms with Gasteiger partial charge in [-0.1, -0.05) is 0 Å². The van der Waals surface area contributed by atoms with Gasteiger partial charge < -0.3 is 10.1 Å². The SMILES string of the molecule is NS(=O)(=O)c1ccc(NCC2CN3CCCC3CO2)cc1. The molecule has 0 aliphatic carbocycles. The largest absolute Gasteiger partial charge is 0.382 e. The highest BCUT2D eigenvalue weighted by Gasteiger charge is 2.31. The molecule has 0 spiro atoms. The Morgan fingerprint density at radius 2 is 2.10 bits per heavy atom. The van der Waals surface area contributed by atoms with E-state index in [0.717, 1.165) is 25.4 Å². The topological polar surface area (TPSA) is 84.7 Å². The number of nitrogens with one attached hydrogen (secondary N) is 1. The van der Waals surface area contributed by atoms with E-state index in [9.17, 15) is 8.42 Å². The van der Waals surface area contributed by atoms with Crippen LogP contribution in [-0.2, 0) is 14.8 Å². The van der Waals surface area contributed by atoms with Crippen LogP contribution in [0.5, 0.6) is 0 Å². The summed E-state index contributed by atoms with van der Waals surface area (Å²) in [4.78, 5) is 2.63. The summed E-state index contributed by atoms with van der Waals surface area (Å²) in [5, 5.41) is 8.36. The van der Waals surface area contributed by atoms with Crippen molar-refractivity contribution in [2.45, 2.75) is 29.9 Å². The fourth-order valence-corrected chi connectivity index (χ4v) is 3.52. The number of ether oxygens (including phenoxy) is 1. The number of benzene rings is 1. The highest BCUT2D eigenvalue weighted by molar-refractivity contribution is 7.89. The second-order valence-corrected chi connectivity index (χ2v) is 7.26. The van der Waals surface area contributed by atoms with Crippen LogP contribution in [0.3, 0.4) is 0 Å². The number of sulfonamides is 1. The Hall–Kier alpha value is -1.15. The quantitative estimate of drug-likeness (QED) is 0.851. The third-order valence-electron chi connectivity index (χ3n) is 4.18. The van der Waals surface area contributed by atoms with E-state index in [1.807, 2.05) is 0 Å². The molecule has 2 fully saturated rings. The van der Waals surface area contributed by atoms with Gasteiger partial charge in [-0.3, -0.25) is 4.90 Å².